The molecule has 21 heavy (non-hydrogen) atoms. The Bertz CT molecular complexity index is 423. The summed E-state index contributed by atoms with van der Waals surface area (Å²) in [4.78, 5) is 2.51. The van der Waals surface area contributed by atoms with E-state index in [0.717, 1.165) is 32.7 Å². The van der Waals surface area contributed by atoms with Gasteiger partial charge in [0, 0.05) is 26.2 Å². The van der Waals surface area contributed by atoms with Crippen molar-refractivity contribution in [3.05, 3.63) is 35.4 Å². The van der Waals surface area contributed by atoms with E-state index in [1.807, 2.05) is 0 Å². The van der Waals surface area contributed by atoms with E-state index in [1.165, 1.54) is 11.1 Å². The van der Waals surface area contributed by atoms with Crippen LogP contribution in [0.2, 0.25) is 0 Å². The molecule has 1 saturated heterocycles. The second-order valence-corrected chi connectivity index (χ2v) is 6.74. The predicted molar refractivity (Wildman–Crippen MR) is 88.3 cm³/mol. The third-order valence-corrected chi connectivity index (χ3v) is 3.88. The zero-order valence-electron chi connectivity index (χ0n) is 13.9. The van der Waals surface area contributed by atoms with E-state index < -0.39 is 0 Å². The Morgan fingerprint density at radius 3 is 2.38 bits per heavy atom. The van der Waals surface area contributed by atoms with Crippen LogP contribution in [0, 0.1) is 5.92 Å². The Balaban J connectivity index is 1.95. The molecule has 3 nitrogen and oxygen atoms in total. The zero-order valence-corrected chi connectivity index (χ0v) is 13.9. The maximum absolute atomic E-state index is 5.82. The Morgan fingerprint density at radius 1 is 1.14 bits per heavy atom. The van der Waals surface area contributed by atoms with E-state index >= 15 is 0 Å². The average Bonchev–Trinajstić information content (AvgIpc) is 2.39. The molecule has 0 amide bonds. The zero-order chi connectivity index (χ0) is 15.2. The monoisotopic (exact) mass is 290 g/mol. The van der Waals surface area contributed by atoms with Gasteiger partial charge in [0.05, 0.1) is 12.2 Å². The highest BCUT2D eigenvalue weighted by Gasteiger charge is 2.22. The van der Waals surface area contributed by atoms with Gasteiger partial charge in [-0.15, -0.1) is 0 Å². The smallest absolute Gasteiger partial charge is 0.0678 e. The molecule has 0 spiro atoms. The third kappa shape index (κ3) is 5.42. The van der Waals surface area contributed by atoms with Gasteiger partial charge < -0.3 is 10.1 Å². The number of nitrogens with one attached hydrogen (secondary N) is 1. The lowest BCUT2D eigenvalue weighted by Crippen LogP contribution is -2.45. The summed E-state index contributed by atoms with van der Waals surface area (Å²) in [6.45, 7) is 13.9. The van der Waals surface area contributed by atoms with Crippen molar-refractivity contribution in [2.75, 3.05) is 19.6 Å². The number of benzene rings is 1. The number of rotatable bonds is 6. The van der Waals surface area contributed by atoms with Gasteiger partial charge in [-0.2, -0.15) is 0 Å². The molecule has 1 heterocycles. The van der Waals surface area contributed by atoms with Crippen molar-refractivity contribution in [3.63, 3.8) is 0 Å². The molecule has 1 aliphatic heterocycles. The summed E-state index contributed by atoms with van der Waals surface area (Å²) in [5.41, 5.74) is 2.86. The molecule has 0 saturated carbocycles. The molecule has 1 fully saturated rings. The van der Waals surface area contributed by atoms with E-state index in [2.05, 4.69) is 62.2 Å². The summed E-state index contributed by atoms with van der Waals surface area (Å²) < 4.78 is 5.82. The van der Waals surface area contributed by atoms with Gasteiger partial charge in [-0.05, 0) is 37.4 Å². The standard InChI is InChI=1S/C18H30N2O/c1-14(2)9-19-10-17-7-5-6-8-18(17)13-20-11-15(3)21-16(4)12-20/h5-8,14-16,19H,9-13H2,1-4H3/t15-,16+. The molecular formula is C18H30N2O. The summed E-state index contributed by atoms with van der Waals surface area (Å²) in [6, 6.07) is 8.79. The first-order valence-corrected chi connectivity index (χ1v) is 8.20. The van der Waals surface area contributed by atoms with Gasteiger partial charge >= 0.3 is 0 Å². The first-order valence-electron chi connectivity index (χ1n) is 8.20. The van der Waals surface area contributed by atoms with Gasteiger partial charge in [0.2, 0.25) is 0 Å². The van der Waals surface area contributed by atoms with Crippen molar-refractivity contribution in [1.29, 1.82) is 0 Å². The Hall–Kier alpha value is -0.900. The second-order valence-electron chi connectivity index (χ2n) is 6.74. The summed E-state index contributed by atoms with van der Waals surface area (Å²) >= 11 is 0. The lowest BCUT2D eigenvalue weighted by atomic mass is 10.1. The molecule has 0 bridgehead atoms. The van der Waals surface area contributed by atoms with Crippen LogP contribution in [0.4, 0.5) is 0 Å². The van der Waals surface area contributed by atoms with Gasteiger partial charge in [0.15, 0.2) is 0 Å². The number of hydrogen-bond donors (Lipinski definition) is 1. The normalized spacial score (nSPS) is 23.7. The summed E-state index contributed by atoms with van der Waals surface area (Å²) in [7, 11) is 0. The summed E-state index contributed by atoms with van der Waals surface area (Å²) in [5.74, 6) is 0.693. The summed E-state index contributed by atoms with van der Waals surface area (Å²) in [6.07, 6.45) is 0.667. The van der Waals surface area contributed by atoms with Crippen molar-refractivity contribution >= 4 is 0 Å². The highest BCUT2D eigenvalue weighted by molar-refractivity contribution is 5.27. The van der Waals surface area contributed by atoms with E-state index in [-0.39, 0.29) is 0 Å². The van der Waals surface area contributed by atoms with Crippen molar-refractivity contribution in [2.24, 2.45) is 5.92 Å². The Morgan fingerprint density at radius 2 is 1.76 bits per heavy atom. The SMILES string of the molecule is CC(C)CNCc1ccccc1CN1C[C@@H](C)O[C@@H](C)C1. The largest absolute Gasteiger partial charge is 0.373 e. The molecule has 118 valence electrons. The number of nitrogens with zero attached hydrogens (tertiary/aromatic N) is 1. The van der Waals surface area contributed by atoms with Crippen LogP contribution in [-0.4, -0.2) is 36.7 Å². The predicted octanol–water partition coefficient (Wildman–Crippen LogP) is 3.04. The molecule has 0 aromatic heterocycles. The topological polar surface area (TPSA) is 24.5 Å². The molecule has 3 heteroatoms. The van der Waals surface area contributed by atoms with Gasteiger partial charge in [-0.25, -0.2) is 0 Å². The summed E-state index contributed by atoms with van der Waals surface area (Å²) in [5, 5.41) is 3.55. The molecule has 1 aromatic carbocycles. The minimum atomic E-state index is 0.333. The van der Waals surface area contributed by atoms with Gasteiger partial charge in [-0.1, -0.05) is 38.1 Å². The van der Waals surface area contributed by atoms with Crippen LogP contribution < -0.4 is 5.32 Å². The quantitative estimate of drug-likeness (QED) is 0.871. The highest BCUT2D eigenvalue weighted by Crippen LogP contribution is 2.17. The molecule has 1 aromatic rings. The van der Waals surface area contributed by atoms with Crippen LogP contribution in [0.3, 0.4) is 0 Å². The average molecular weight is 290 g/mol. The van der Waals surface area contributed by atoms with Gasteiger partial charge in [0.25, 0.3) is 0 Å². The van der Waals surface area contributed by atoms with Crippen LogP contribution in [0.15, 0.2) is 24.3 Å². The van der Waals surface area contributed by atoms with Crippen molar-refractivity contribution in [1.82, 2.24) is 10.2 Å². The Kier molecular flexibility index (Phi) is 6.22. The van der Waals surface area contributed by atoms with Crippen LogP contribution in [-0.2, 0) is 17.8 Å². The van der Waals surface area contributed by atoms with Crippen molar-refractivity contribution < 1.29 is 4.74 Å². The number of ether oxygens (including phenoxy) is 1. The highest BCUT2D eigenvalue weighted by atomic mass is 16.5. The first kappa shape index (κ1) is 16.5. The van der Waals surface area contributed by atoms with Crippen LogP contribution in [0.25, 0.3) is 0 Å². The van der Waals surface area contributed by atoms with Crippen LogP contribution in [0.5, 0.6) is 0 Å². The van der Waals surface area contributed by atoms with Gasteiger partial charge in [-0.3, -0.25) is 4.90 Å². The molecule has 0 aliphatic carbocycles. The van der Waals surface area contributed by atoms with Crippen LogP contribution in [0.1, 0.15) is 38.8 Å². The maximum Gasteiger partial charge on any atom is 0.0678 e. The molecule has 2 atom stereocenters. The third-order valence-electron chi connectivity index (χ3n) is 3.88. The molecule has 1 N–H and O–H groups in total. The molecule has 0 unspecified atom stereocenters. The van der Waals surface area contributed by atoms with E-state index in [4.69, 9.17) is 4.74 Å². The minimum absolute atomic E-state index is 0.333. The maximum atomic E-state index is 5.82. The minimum Gasteiger partial charge on any atom is -0.373 e. The first-order chi connectivity index (χ1) is 10.0. The fraction of sp³-hybridized carbons (Fsp3) is 0.667. The van der Waals surface area contributed by atoms with E-state index in [9.17, 15) is 0 Å². The fourth-order valence-corrected chi connectivity index (χ4v) is 3.03. The fourth-order valence-electron chi connectivity index (χ4n) is 3.03. The van der Waals surface area contributed by atoms with Gasteiger partial charge in [0.1, 0.15) is 0 Å². The Labute approximate surface area is 129 Å². The number of morpholine rings is 1. The van der Waals surface area contributed by atoms with Crippen LogP contribution >= 0.6 is 0 Å². The molecule has 1 aliphatic rings. The second kappa shape index (κ2) is 7.92. The van der Waals surface area contributed by atoms with E-state index in [0.29, 0.717) is 18.1 Å². The van der Waals surface area contributed by atoms with Crippen molar-refractivity contribution in [2.45, 2.75) is 53.0 Å². The van der Waals surface area contributed by atoms with Crippen molar-refractivity contribution in [3.8, 4) is 0 Å². The van der Waals surface area contributed by atoms with E-state index in [1.54, 1.807) is 0 Å². The lowest BCUT2D eigenvalue weighted by molar-refractivity contribution is -0.0705. The molecule has 2 rings (SSSR count). The molecular weight excluding hydrogens is 260 g/mol. The number of hydrogen-bond acceptors (Lipinski definition) is 3. The molecule has 0 radical (unpaired) electrons. The lowest BCUT2D eigenvalue weighted by Gasteiger charge is -2.35.